The molecule has 0 saturated carbocycles. The third-order valence-corrected chi connectivity index (χ3v) is 4.19. The molecule has 94 valence electrons. The normalized spacial score (nSPS) is 10.4. The summed E-state index contributed by atoms with van der Waals surface area (Å²) in [4.78, 5) is 0. The lowest BCUT2D eigenvalue weighted by atomic mass is 10.2. The third kappa shape index (κ3) is 3.64. The van der Waals surface area contributed by atoms with Crippen molar-refractivity contribution in [1.29, 1.82) is 0 Å². The first-order chi connectivity index (χ1) is 8.56. The quantitative estimate of drug-likeness (QED) is 0.642. The van der Waals surface area contributed by atoms with Crippen LogP contribution in [-0.4, -0.2) is 0 Å². The molecular weight excluding hydrogens is 401 g/mol. The van der Waals surface area contributed by atoms with Crippen molar-refractivity contribution in [3.8, 4) is 0 Å². The molecule has 0 unspecified atom stereocenters. The van der Waals surface area contributed by atoms with Gasteiger partial charge in [0, 0.05) is 20.5 Å². The van der Waals surface area contributed by atoms with E-state index < -0.39 is 0 Å². The second-order valence-corrected chi connectivity index (χ2v) is 6.33. The Morgan fingerprint density at radius 1 is 1.00 bits per heavy atom. The number of halogens is 4. The van der Waals surface area contributed by atoms with Crippen LogP contribution in [0.1, 0.15) is 5.56 Å². The van der Waals surface area contributed by atoms with Gasteiger partial charge in [0.2, 0.25) is 0 Å². The minimum atomic E-state index is 0.680. The van der Waals surface area contributed by atoms with Gasteiger partial charge in [0.25, 0.3) is 0 Å². The van der Waals surface area contributed by atoms with Crippen molar-refractivity contribution in [2.45, 2.75) is 6.54 Å². The summed E-state index contributed by atoms with van der Waals surface area (Å²) < 4.78 is 1.95. The summed E-state index contributed by atoms with van der Waals surface area (Å²) in [5, 5.41) is 4.70. The van der Waals surface area contributed by atoms with E-state index in [-0.39, 0.29) is 0 Å². The van der Waals surface area contributed by atoms with Gasteiger partial charge in [-0.05, 0) is 35.9 Å². The molecule has 0 fully saturated rings. The van der Waals surface area contributed by atoms with Gasteiger partial charge in [0.15, 0.2) is 0 Å². The number of benzene rings is 2. The lowest BCUT2D eigenvalue weighted by Crippen LogP contribution is -2.00. The largest absolute Gasteiger partial charge is 0.380 e. The average molecular weight is 410 g/mol. The summed E-state index contributed by atoms with van der Waals surface area (Å²) >= 11 is 18.9. The van der Waals surface area contributed by atoms with E-state index >= 15 is 0 Å². The molecular formula is C13H9Br2Cl2N. The SMILES string of the molecule is Clc1ccc(CNc2ccc(Br)cc2Cl)c(Br)c1. The van der Waals surface area contributed by atoms with Crippen LogP contribution in [-0.2, 0) is 6.54 Å². The lowest BCUT2D eigenvalue weighted by molar-refractivity contribution is 1.14. The molecule has 0 aliphatic rings. The molecule has 1 N–H and O–H groups in total. The summed E-state index contributed by atoms with van der Waals surface area (Å²) in [5.74, 6) is 0. The third-order valence-electron chi connectivity index (χ3n) is 2.42. The highest BCUT2D eigenvalue weighted by molar-refractivity contribution is 9.10. The van der Waals surface area contributed by atoms with Crippen molar-refractivity contribution in [3.05, 3.63) is 61.0 Å². The Labute approximate surface area is 133 Å². The van der Waals surface area contributed by atoms with Crippen LogP contribution in [0.3, 0.4) is 0 Å². The molecule has 2 rings (SSSR count). The van der Waals surface area contributed by atoms with E-state index in [4.69, 9.17) is 23.2 Å². The molecule has 18 heavy (non-hydrogen) atoms. The van der Waals surface area contributed by atoms with Crippen LogP contribution in [0.15, 0.2) is 45.3 Å². The number of hydrogen-bond donors (Lipinski definition) is 1. The number of rotatable bonds is 3. The number of nitrogens with one attached hydrogen (secondary N) is 1. The molecule has 0 bridgehead atoms. The van der Waals surface area contributed by atoms with Gasteiger partial charge >= 0.3 is 0 Å². The van der Waals surface area contributed by atoms with Crippen LogP contribution in [0.4, 0.5) is 5.69 Å². The molecule has 0 saturated heterocycles. The Kier molecular flexibility index (Phi) is 4.96. The van der Waals surface area contributed by atoms with Crippen molar-refractivity contribution in [3.63, 3.8) is 0 Å². The van der Waals surface area contributed by atoms with E-state index in [0.717, 1.165) is 20.2 Å². The van der Waals surface area contributed by atoms with Crippen LogP contribution < -0.4 is 5.32 Å². The Morgan fingerprint density at radius 2 is 1.78 bits per heavy atom. The van der Waals surface area contributed by atoms with E-state index in [0.29, 0.717) is 16.6 Å². The molecule has 2 aromatic rings. The molecule has 0 spiro atoms. The minimum Gasteiger partial charge on any atom is -0.380 e. The highest BCUT2D eigenvalue weighted by Crippen LogP contribution is 2.27. The predicted octanol–water partition coefficient (Wildman–Crippen LogP) is 6.13. The monoisotopic (exact) mass is 407 g/mol. The van der Waals surface area contributed by atoms with Crippen molar-refractivity contribution in [2.75, 3.05) is 5.32 Å². The van der Waals surface area contributed by atoms with Gasteiger partial charge in [0.1, 0.15) is 0 Å². The molecule has 0 aliphatic carbocycles. The Morgan fingerprint density at radius 3 is 2.44 bits per heavy atom. The Hall–Kier alpha value is -0.220. The first kappa shape index (κ1) is 14.2. The smallest absolute Gasteiger partial charge is 0.0648 e. The molecule has 0 aromatic heterocycles. The Balaban J connectivity index is 2.11. The topological polar surface area (TPSA) is 12.0 Å². The highest BCUT2D eigenvalue weighted by atomic mass is 79.9. The predicted molar refractivity (Wildman–Crippen MR) is 85.6 cm³/mol. The molecule has 0 radical (unpaired) electrons. The molecule has 0 heterocycles. The molecule has 1 nitrogen and oxygen atoms in total. The zero-order valence-electron chi connectivity index (χ0n) is 9.18. The van der Waals surface area contributed by atoms with E-state index in [1.165, 1.54) is 0 Å². The zero-order chi connectivity index (χ0) is 13.1. The minimum absolute atomic E-state index is 0.680. The first-order valence-electron chi connectivity index (χ1n) is 5.19. The van der Waals surface area contributed by atoms with E-state index in [2.05, 4.69) is 37.2 Å². The summed E-state index contributed by atoms with van der Waals surface area (Å²) in [5.41, 5.74) is 2.03. The van der Waals surface area contributed by atoms with Crippen molar-refractivity contribution in [1.82, 2.24) is 0 Å². The first-order valence-corrected chi connectivity index (χ1v) is 7.53. The van der Waals surface area contributed by atoms with Crippen LogP contribution in [0.5, 0.6) is 0 Å². The summed E-state index contributed by atoms with van der Waals surface area (Å²) in [6.45, 7) is 0.680. The highest BCUT2D eigenvalue weighted by Gasteiger charge is 2.03. The Bertz CT molecular complexity index is 521. The maximum Gasteiger partial charge on any atom is 0.0648 e. The van der Waals surface area contributed by atoms with Gasteiger partial charge in [-0.25, -0.2) is 0 Å². The fourth-order valence-electron chi connectivity index (χ4n) is 1.49. The average Bonchev–Trinajstić information content (AvgIpc) is 2.30. The second kappa shape index (κ2) is 6.29. The molecule has 0 atom stereocenters. The zero-order valence-corrected chi connectivity index (χ0v) is 13.9. The van der Waals surface area contributed by atoms with Crippen LogP contribution >= 0.6 is 55.1 Å². The van der Waals surface area contributed by atoms with E-state index in [1.807, 2.05) is 36.4 Å². The maximum atomic E-state index is 6.14. The summed E-state index contributed by atoms with van der Waals surface area (Å²) in [7, 11) is 0. The van der Waals surface area contributed by atoms with Crippen molar-refractivity contribution in [2.24, 2.45) is 0 Å². The van der Waals surface area contributed by atoms with Crippen molar-refractivity contribution >= 4 is 60.7 Å². The molecule has 2 aromatic carbocycles. The lowest BCUT2D eigenvalue weighted by Gasteiger charge is -2.10. The van der Waals surface area contributed by atoms with Crippen LogP contribution in [0.2, 0.25) is 10.0 Å². The number of hydrogen-bond acceptors (Lipinski definition) is 1. The summed E-state index contributed by atoms with van der Waals surface area (Å²) in [6, 6.07) is 11.5. The van der Waals surface area contributed by atoms with Gasteiger partial charge in [-0.15, -0.1) is 0 Å². The van der Waals surface area contributed by atoms with Crippen LogP contribution in [0.25, 0.3) is 0 Å². The van der Waals surface area contributed by atoms with Gasteiger partial charge in [-0.3, -0.25) is 0 Å². The van der Waals surface area contributed by atoms with Gasteiger partial charge in [-0.2, -0.15) is 0 Å². The second-order valence-electron chi connectivity index (χ2n) is 3.71. The molecule has 0 amide bonds. The standard InChI is InChI=1S/C13H9Br2Cl2N/c14-9-2-4-13(12(17)5-9)18-7-8-1-3-10(16)6-11(8)15/h1-6,18H,7H2. The van der Waals surface area contributed by atoms with E-state index in [1.54, 1.807) is 0 Å². The fourth-order valence-corrected chi connectivity index (χ4v) is 3.05. The van der Waals surface area contributed by atoms with E-state index in [9.17, 15) is 0 Å². The van der Waals surface area contributed by atoms with Gasteiger partial charge in [0.05, 0.1) is 10.7 Å². The van der Waals surface area contributed by atoms with Crippen molar-refractivity contribution < 1.29 is 0 Å². The van der Waals surface area contributed by atoms with Gasteiger partial charge < -0.3 is 5.32 Å². The molecule has 5 heteroatoms. The summed E-state index contributed by atoms with van der Waals surface area (Å²) in [6.07, 6.45) is 0. The van der Waals surface area contributed by atoms with Gasteiger partial charge in [-0.1, -0.05) is 61.1 Å². The fraction of sp³-hybridized carbons (Fsp3) is 0.0769. The van der Waals surface area contributed by atoms with Crippen LogP contribution in [0, 0.1) is 0 Å². The maximum absolute atomic E-state index is 6.14. The number of anilines is 1. The molecule has 0 aliphatic heterocycles.